The highest BCUT2D eigenvalue weighted by Gasteiger charge is 2.25. The van der Waals surface area contributed by atoms with Crippen LogP contribution in [0, 0.1) is 0 Å². The summed E-state index contributed by atoms with van der Waals surface area (Å²) in [6.07, 6.45) is 2.28. The summed E-state index contributed by atoms with van der Waals surface area (Å²) in [6, 6.07) is 11.8. The van der Waals surface area contributed by atoms with Crippen molar-refractivity contribution in [1.29, 1.82) is 0 Å². The van der Waals surface area contributed by atoms with E-state index in [2.05, 4.69) is 0 Å². The number of hydrogen-bond acceptors (Lipinski definition) is 5. The van der Waals surface area contributed by atoms with Gasteiger partial charge in [-0.2, -0.15) is 0 Å². The van der Waals surface area contributed by atoms with Crippen LogP contribution in [0.25, 0.3) is 0 Å². The van der Waals surface area contributed by atoms with Crippen molar-refractivity contribution in [3.63, 3.8) is 0 Å². The topological polar surface area (TPSA) is 52.8 Å². The quantitative estimate of drug-likeness (QED) is 0.689. The van der Waals surface area contributed by atoms with Crippen LogP contribution in [0.2, 0.25) is 0 Å². The van der Waals surface area contributed by atoms with Gasteiger partial charge < -0.3 is 23.7 Å². The van der Waals surface area contributed by atoms with Gasteiger partial charge in [0.2, 0.25) is 0 Å². The summed E-state index contributed by atoms with van der Waals surface area (Å²) in [7, 11) is 3.37. The van der Waals surface area contributed by atoms with E-state index in [0.717, 1.165) is 60.2 Å². The first-order valence-corrected chi connectivity index (χ1v) is 8.50. The molecule has 25 heavy (non-hydrogen) atoms. The normalized spacial score (nSPS) is 20.9. The van der Waals surface area contributed by atoms with E-state index in [1.807, 2.05) is 36.4 Å². The van der Waals surface area contributed by atoms with Crippen molar-refractivity contribution in [1.82, 2.24) is 0 Å². The molecule has 2 atom stereocenters. The Morgan fingerprint density at radius 1 is 0.800 bits per heavy atom. The lowest BCUT2D eigenvalue weighted by atomic mass is 10.1. The van der Waals surface area contributed by atoms with Gasteiger partial charge in [-0.05, 0) is 36.4 Å². The molecule has 0 aromatic heterocycles. The van der Waals surface area contributed by atoms with Crippen LogP contribution in [0.1, 0.15) is 11.1 Å². The lowest BCUT2D eigenvalue weighted by Crippen LogP contribution is -1.99. The van der Waals surface area contributed by atoms with Gasteiger partial charge in [0.25, 0.3) is 0 Å². The van der Waals surface area contributed by atoms with Gasteiger partial charge in [-0.3, -0.25) is 0 Å². The van der Waals surface area contributed by atoms with Crippen LogP contribution in [0.5, 0.6) is 23.0 Å². The molecule has 0 saturated carbocycles. The molecule has 0 amide bonds. The van der Waals surface area contributed by atoms with Crippen LogP contribution in [0.4, 0.5) is 0 Å². The number of rotatable bonds is 8. The monoisotopic (exact) mass is 342 g/mol. The van der Waals surface area contributed by atoms with Gasteiger partial charge in [0, 0.05) is 24.0 Å². The van der Waals surface area contributed by atoms with Crippen molar-refractivity contribution in [2.75, 3.05) is 27.4 Å². The predicted molar refractivity (Wildman–Crippen MR) is 93.0 cm³/mol. The second-order valence-corrected chi connectivity index (χ2v) is 6.37. The molecule has 2 unspecified atom stereocenters. The maximum atomic E-state index is 6.07. The third-order valence-electron chi connectivity index (χ3n) is 4.44. The summed E-state index contributed by atoms with van der Waals surface area (Å²) in [4.78, 5) is 0. The molecular weight excluding hydrogens is 320 g/mol. The first-order chi connectivity index (χ1) is 12.2. The van der Waals surface area contributed by atoms with Gasteiger partial charge in [-0.1, -0.05) is 0 Å². The highest BCUT2D eigenvalue weighted by atomic mass is 16.6. The van der Waals surface area contributed by atoms with Crippen LogP contribution in [0.15, 0.2) is 36.4 Å². The third-order valence-corrected chi connectivity index (χ3v) is 4.44. The van der Waals surface area contributed by atoms with Crippen molar-refractivity contribution in [2.24, 2.45) is 0 Å². The zero-order valence-corrected chi connectivity index (χ0v) is 14.5. The van der Waals surface area contributed by atoms with Crippen LogP contribution >= 0.6 is 0 Å². The Labute approximate surface area is 147 Å². The summed E-state index contributed by atoms with van der Waals surface area (Å²) in [5.41, 5.74) is 2.20. The van der Waals surface area contributed by atoms with Crippen molar-refractivity contribution in [3.05, 3.63) is 47.5 Å². The largest absolute Gasteiger partial charge is 0.496 e. The summed E-state index contributed by atoms with van der Waals surface area (Å²) in [5.74, 6) is 3.30. The number of epoxide rings is 2. The van der Waals surface area contributed by atoms with E-state index in [-0.39, 0.29) is 0 Å². The van der Waals surface area contributed by atoms with Gasteiger partial charge in [0.05, 0.1) is 39.6 Å². The Balaban J connectivity index is 1.54. The molecule has 2 aliphatic heterocycles. The van der Waals surface area contributed by atoms with Gasteiger partial charge in [-0.15, -0.1) is 0 Å². The molecule has 5 nitrogen and oxygen atoms in total. The maximum Gasteiger partial charge on any atom is 0.127 e. The highest BCUT2D eigenvalue weighted by molar-refractivity contribution is 5.45. The molecule has 2 aliphatic rings. The Hall–Kier alpha value is -2.24. The average Bonchev–Trinajstić information content (AvgIpc) is 3.52. The van der Waals surface area contributed by atoms with E-state index in [0.29, 0.717) is 12.2 Å². The smallest absolute Gasteiger partial charge is 0.127 e. The predicted octanol–water partition coefficient (Wildman–Crippen LogP) is 3.38. The third kappa shape index (κ3) is 4.06. The Morgan fingerprint density at radius 3 is 1.60 bits per heavy atom. The molecule has 0 aliphatic carbocycles. The maximum absolute atomic E-state index is 6.07. The Morgan fingerprint density at radius 2 is 1.24 bits per heavy atom. The summed E-state index contributed by atoms with van der Waals surface area (Å²) in [6.45, 7) is 1.64. The molecule has 132 valence electrons. The van der Waals surface area contributed by atoms with Crippen LogP contribution < -0.4 is 14.2 Å². The first kappa shape index (κ1) is 16.2. The molecule has 2 saturated heterocycles. The molecule has 0 radical (unpaired) electrons. The number of methoxy groups -OCH3 is 2. The summed E-state index contributed by atoms with van der Waals surface area (Å²) >= 11 is 0. The first-order valence-electron chi connectivity index (χ1n) is 8.50. The van der Waals surface area contributed by atoms with Crippen LogP contribution in [-0.4, -0.2) is 39.6 Å². The minimum Gasteiger partial charge on any atom is -0.496 e. The average molecular weight is 342 g/mol. The molecule has 4 rings (SSSR count). The fourth-order valence-corrected chi connectivity index (χ4v) is 2.95. The zero-order chi connectivity index (χ0) is 17.2. The van der Waals surface area contributed by atoms with Gasteiger partial charge in [-0.25, -0.2) is 0 Å². The van der Waals surface area contributed by atoms with E-state index in [1.165, 1.54) is 0 Å². The lowest BCUT2D eigenvalue weighted by molar-refractivity contribution is 0.387. The number of hydrogen-bond donors (Lipinski definition) is 0. The minimum atomic E-state index is 0.301. The van der Waals surface area contributed by atoms with E-state index in [1.54, 1.807) is 14.2 Å². The van der Waals surface area contributed by atoms with Gasteiger partial charge >= 0.3 is 0 Å². The molecule has 0 spiro atoms. The van der Waals surface area contributed by atoms with E-state index >= 15 is 0 Å². The summed E-state index contributed by atoms with van der Waals surface area (Å²) in [5, 5.41) is 0. The standard InChI is InChI=1S/C20H22O5/c1-21-19-5-3-15(7-13(19)9-17-11-23-17)25-16-4-6-20(22-2)14(8-16)10-18-12-24-18/h3-8,17-18H,9-12H2,1-2H3. The van der Waals surface area contributed by atoms with Gasteiger partial charge in [0.1, 0.15) is 23.0 Å². The SMILES string of the molecule is COc1ccc(Oc2ccc(OC)c(CC3CO3)c2)cc1CC1CO1. The van der Waals surface area contributed by atoms with E-state index < -0.39 is 0 Å². The highest BCUT2D eigenvalue weighted by Crippen LogP contribution is 2.33. The lowest BCUT2D eigenvalue weighted by Gasteiger charge is -2.13. The number of ether oxygens (including phenoxy) is 5. The molecule has 2 heterocycles. The molecule has 0 bridgehead atoms. The van der Waals surface area contributed by atoms with Crippen molar-refractivity contribution < 1.29 is 23.7 Å². The van der Waals surface area contributed by atoms with E-state index in [4.69, 9.17) is 23.7 Å². The molecule has 5 heteroatoms. The molecule has 2 fully saturated rings. The van der Waals surface area contributed by atoms with Crippen LogP contribution in [-0.2, 0) is 22.3 Å². The van der Waals surface area contributed by atoms with E-state index in [9.17, 15) is 0 Å². The fraction of sp³-hybridized carbons (Fsp3) is 0.400. The van der Waals surface area contributed by atoms with Gasteiger partial charge in [0.15, 0.2) is 0 Å². The molecule has 2 aromatic rings. The molecule has 0 N–H and O–H groups in total. The Bertz CT molecular complexity index is 686. The Kier molecular flexibility index (Phi) is 4.51. The second kappa shape index (κ2) is 6.94. The molecule has 2 aromatic carbocycles. The second-order valence-electron chi connectivity index (χ2n) is 6.37. The number of benzene rings is 2. The summed E-state index contributed by atoms with van der Waals surface area (Å²) < 4.78 is 27.6. The van der Waals surface area contributed by atoms with Crippen molar-refractivity contribution >= 4 is 0 Å². The van der Waals surface area contributed by atoms with Crippen LogP contribution in [0.3, 0.4) is 0 Å². The van der Waals surface area contributed by atoms with Crippen molar-refractivity contribution in [3.8, 4) is 23.0 Å². The van der Waals surface area contributed by atoms with Crippen molar-refractivity contribution in [2.45, 2.75) is 25.0 Å². The zero-order valence-electron chi connectivity index (χ0n) is 14.5. The fourth-order valence-electron chi connectivity index (χ4n) is 2.95. The minimum absolute atomic E-state index is 0.301. The molecular formula is C20H22O5.